The Morgan fingerprint density at radius 3 is 2.75 bits per heavy atom. The van der Waals surface area contributed by atoms with Crippen LogP contribution in [0.25, 0.3) is 0 Å². The molecule has 0 saturated heterocycles. The molecule has 1 saturated carbocycles. The van der Waals surface area contributed by atoms with Crippen molar-refractivity contribution < 1.29 is 19.1 Å². The van der Waals surface area contributed by atoms with Crippen LogP contribution in [0.4, 0.5) is 4.39 Å². The van der Waals surface area contributed by atoms with Crippen LogP contribution in [-0.4, -0.2) is 23.0 Å². The van der Waals surface area contributed by atoms with Gasteiger partial charge in [0.05, 0.1) is 12.3 Å². The lowest BCUT2D eigenvalue weighted by molar-refractivity contribution is -0.141. The van der Waals surface area contributed by atoms with Crippen molar-refractivity contribution in [2.45, 2.75) is 31.7 Å². The first-order valence-corrected chi connectivity index (χ1v) is 6.79. The molecule has 1 aliphatic rings. The molecule has 2 rings (SSSR count). The molecular formula is C14H15ClFNO3. The minimum absolute atomic E-state index is 0.0628. The number of carbonyl (C=O) groups excluding carboxylic acids is 1. The van der Waals surface area contributed by atoms with Gasteiger partial charge in [-0.1, -0.05) is 17.7 Å². The predicted octanol–water partition coefficient (Wildman–Crippen LogP) is 2.39. The first-order valence-electron chi connectivity index (χ1n) is 6.42. The van der Waals surface area contributed by atoms with Gasteiger partial charge in [0, 0.05) is 11.1 Å². The molecule has 0 heterocycles. The van der Waals surface area contributed by atoms with E-state index in [1.54, 1.807) is 0 Å². The van der Waals surface area contributed by atoms with Gasteiger partial charge in [0.25, 0.3) is 0 Å². The topological polar surface area (TPSA) is 66.4 Å². The van der Waals surface area contributed by atoms with Crippen molar-refractivity contribution in [1.82, 2.24) is 5.32 Å². The largest absolute Gasteiger partial charge is 0.481 e. The van der Waals surface area contributed by atoms with E-state index in [1.165, 1.54) is 18.2 Å². The van der Waals surface area contributed by atoms with Crippen LogP contribution in [0, 0.1) is 11.7 Å². The van der Waals surface area contributed by atoms with Crippen molar-refractivity contribution in [3.05, 3.63) is 34.6 Å². The van der Waals surface area contributed by atoms with Crippen LogP contribution in [0.3, 0.4) is 0 Å². The Hall–Kier alpha value is -1.62. The Morgan fingerprint density at radius 2 is 2.15 bits per heavy atom. The monoisotopic (exact) mass is 299 g/mol. The van der Waals surface area contributed by atoms with Gasteiger partial charge in [-0.3, -0.25) is 9.59 Å². The third-order valence-corrected chi connectivity index (χ3v) is 3.86. The lowest BCUT2D eigenvalue weighted by Gasteiger charge is -2.13. The number of benzene rings is 1. The van der Waals surface area contributed by atoms with Crippen LogP contribution < -0.4 is 5.32 Å². The summed E-state index contributed by atoms with van der Waals surface area (Å²) < 4.78 is 12.9. The molecule has 4 nitrogen and oxygen atoms in total. The highest BCUT2D eigenvalue weighted by Gasteiger charge is 2.30. The Labute approximate surface area is 120 Å². The normalized spacial score (nSPS) is 21.7. The predicted molar refractivity (Wildman–Crippen MR) is 72.0 cm³/mol. The van der Waals surface area contributed by atoms with E-state index in [4.69, 9.17) is 16.7 Å². The molecule has 1 aromatic rings. The number of halogens is 2. The molecule has 1 fully saturated rings. The Bertz CT molecular complexity index is 535. The number of hydrogen-bond donors (Lipinski definition) is 2. The fourth-order valence-corrected chi connectivity index (χ4v) is 2.69. The van der Waals surface area contributed by atoms with E-state index in [0.29, 0.717) is 24.8 Å². The fourth-order valence-electron chi connectivity index (χ4n) is 2.45. The highest BCUT2D eigenvalue weighted by molar-refractivity contribution is 6.31. The Morgan fingerprint density at radius 1 is 1.40 bits per heavy atom. The van der Waals surface area contributed by atoms with Gasteiger partial charge in [0.2, 0.25) is 5.91 Å². The van der Waals surface area contributed by atoms with Crippen LogP contribution in [0.2, 0.25) is 5.02 Å². The molecule has 2 N–H and O–H groups in total. The summed E-state index contributed by atoms with van der Waals surface area (Å²) in [7, 11) is 0. The summed E-state index contributed by atoms with van der Waals surface area (Å²) in [5.41, 5.74) is 0.554. The molecule has 0 unspecified atom stereocenters. The van der Waals surface area contributed by atoms with Gasteiger partial charge in [0.15, 0.2) is 0 Å². The van der Waals surface area contributed by atoms with E-state index in [0.717, 1.165) is 0 Å². The maximum atomic E-state index is 12.9. The van der Waals surface area contributed by atoms with Crippen LogP contribution in [-0.2, 0) is 16.0 Å². The number of amides is 1. The molecule has 0 spiro atoms. The van der Waals surface area contributed by atoms with E-state index in [-0.39, 0.29) is 29.3 Å². The number of nitrogens with one attached hydrogen (secondary N) is 1. The van der Waals surface area contributed by atoms with Crippen molar-refractivity contribution >= 4 is 23.5 Å². The van der Waals surface area contributed by atoms with Crippen molar-refractivity contribution in [3.8, 4) is 0 Å². The molecule has 1 aromatic carbocycles. The minimum Gasteiger partial charge on any atom is -0.481 e. The van der Waals surface area contributed by atoms with E-state index in [2.05, 4.69) is 5.32 Å². The highest BCUT2D eigenvalue weighted by Crippen LogP contribution is 2.26. The summed E-state index contributed by atoms with van der Waals surface area (Å²) in [5.74, 6) is -1.87. The van der Waals surface area contributed by atoms with Gasteiger partial charge in [-0.15, -0.1) is 0 Å². The second kappa shape index (κ2) is 6.22. The van der Waals surface area contributed by atoms with Crippen molar-refractivity contribution in [3.63, 3.8) is 0 Å². The summed E-state index contributed by atoms with van der Waals surface area (Å²) in [6.07, 6.45) is 1.77. The van der Waals surface area contributed by atoms with Crippen molar-refractivity contribution in [2.75, 3.05) is 0 Å². The molecule has 1 amide bonds. The molecule has 6 heteroatoms. The van der Waals surface area contributed by atoms with Gasteiger partial charge in [-0.25, -0.2) is 4.39 Å². The van der Waals surface area contributed by atoms with Gasteiger partial charge in [-0.05, 0) is 37.0 Å². The first kappa shape index (κ1) is 14.8. The highest BCUT2D eigenvalue weighted by atomic mass is 35.5. The van der Waals surface area contributed by atoms with E-state index < -0.39 is 11.8 Å². The second-order valence-corrected chi connectivity index (χ2v) is 5.43. The fraction of sp³-hybridized carbons (Fsp3) is 0.429. The Balaban J connectivity index is 1.88. The van der Waals surface area contributed by atoms with Gasteiger partial charge >= 0.3 is 5.97 Å². The number of carboxylic acids is 1. The zero-order valence-electron chi connectivity index (χ0n) is 10.7. The SMILES string of the molecule is O=C(Cc1ccc(F)cc1Cl)N[C@@H]1CC[C@H](C(=O)O)C1. The minimum atomic E-state index is -0.816. The lowest BCUT2D eigenvalue weighted by atomic mass is 10.1. The number of aliphatic carboxylic acids is 1. The number of rotatable bonds is 4. The molecule has 20 heavy (non-hydrogen) atoms. The van der Waals surface area contributed by atoms with Crippen LogP contribution in [0.1, 0.15) is 24.8 Å². The lowest BCUT2D eigenvalue weighted by Crippen LogP contribution is -2.34. The van der Waals surface area contributed by atoms with Crippen molar-refractivity contribution in [1.29, 1.82) is 0 Å². The van der Waals surface area contributed by atoms with Crippen LogP contribution in [0.15, 0.2) is 18.2 Å². The van der Waals surface area contributed by atoms with Crippen molar-refractivity contribution in [2.24, 2.45) is 5.92 Å². The molecule has 0 bridgehead atoms. The van der Waals surface area contributed by atoms with Crippen LogP contribution >= 0.6 is 11.6 Å². The third kappa shape index (κ3) is 3.70. The standard InChI is InChI=1S/C14H15ClFNO3/c15-12-7-10(16)3-1-8(12)6-13(18)17-11-4-2-9(5-11)14(19)20/h1,3,7,9,11H,2,4-6H2,(H,17,18)(H,19,20)/t9-,11+/m0/s1. The summed E-state index contributed by atoms with van der Waals surface area (Å²) >= 11 is 5.86. The second-order valence-electron chi connectivity index (χ2n) is 5.03. The molecule has 2 atom stereocenters. The van der Waals surface area contributed by atoms with Crippen LogP contribution in [0.5, 0.6) is 0 Å². The molecular weight excluding hydrogens is 285 g/mol. The number of carboxylic acid groups (broad SMARTS) is 1. The van der Waals surface area contributed by atoms with Gasteiger partial charge < -0.3 is 10.4 Å². The quantitative estimate of drug-likeness (QED) is 0.897. The smallest absolute Gasteiger partial charge is 0.306 e. The number of hydrogen-bond acceptors (Lipinski definition) is 2. The van der Waals surface area contributed by atoms with Gasteiger partial charge in [-0.2, -0.15) is 0 Å². The third-order valence-electron chi connectivity index (χ3n) is 3.51. The average molecular weight is 300 g/mol. The maximum Gasteiger partial charge on any atom is 0.306 e. The van der Waals surface area contributed by atoms with E-state index >= 15 is 0 Å². The van der Waals surface area contributed by atoms with E-state index in [9.17, 15) is 14.0 Å². The summed E-state index contributed by atoms with van der Waals surface area (Å²) in [5, 5.41) is 11.9. The average Bonchev–Trinajstić information content (AvgIpc) is 2.81. The zero-order valence-corrected chi connectivity index (χ0v) is 11.5. The molecule has 108 valence electrons. The molecule has 0 aromatic heterocycles. The maximum absolute atomic E-state index is 12.9. The molecule has 1 aliphatic carbocycles. The Kier molecular flexibility index (Phi) is 4.60. The molecule has 0 radical (unpaired) electrons. The summed E-state index contributed by atoms with van der Waals surface area (Å²) in [6, 6.07) is 3.79. The number of carbonyl (C=O) groups is 2. The zero-order chi connectivity index (χ0) is 14.7. The van der Waals surface area contributed by atoms with Gasteiger partial charge in [0.1, 0.15) is 5.82 Å². The first-order chi connectivity index (χ1) is 9.45. The summed E-state index contributed by atoms with van der Waals surface area (Å²) in [4.78, 5) is 22.7. The van der Waals surface area contributed by atoms with E-state index in [1.807, 2.05) is 0 Å². The summed E-state index contributed by atoms with van der Waals surface area (Å²) in [6.45, 7) is 0. The molecule has 0 aliphatic heterocycles.